The van der Waals surface area contributed by atoms with Crippen LogP contribution in [0.5, 0.6) is 23.0 Å². The van der Waals surface area contributed by atoms with E-state index in [9.17, 15) is 18.9 Å². The van der Waals surface area contributed by atoms with E-state index in [1.807, 2.05) is 40.7 Å². The number of nitrogens with zero attached hydrogens (tertiary/aromatic N) is 4. The van der Waals surface area contributed by atoms with Crippen molar-refractivity contribution in [3.63, 3.8) is 0 Å². The molecule has 2 heterocycles. The molecule has 0 spiro atoms. The highest BCUT2D eigenvalue weighted by Gasteiger charge is 2.29. The van der Waals surface area contributed by atoms with Crippen molar-refractivity contribution in [2.24, 2.45) is 0 Å². The lowest BCUT2D eigenvalue weighted by molar-refractivity contribution is 0.171. The van der Waals surface area contributed by atoms with Crippen molar-refractivity contribution in [3.8, 4) is 35.1 Å². The molecule has 0 aromatic heterocycles. The molecule has 0 bridgehead atoms. The summed E-state index contributed by atoms with van der Waals surface area (Å²) in [5, 5.41) is 20.7. The zero-order chi connectivity index (χ0) is 29.1. The molecular weight excluding hydrogens is 576 g/mol. The monoisotopic (exact) mass is 600 g/mol. The van der Waals surface area contributed by atoms with Crippen LogP contribution in [0.4, 0.5) is 11.4 Å². The summed E-state index contributed by atoms with van der Waals surface area (Å²) in [6.45, 7) is 1.30. The average Bonchev–Trinajstić information content (AvgIpc) is 3.02. The minimum atomic E-state index is -4.16. The minimum Gasteiger partial charge on any atom is -0.486 e. The maximum Gasteiger partial charge on any atom is 0.265 e. The third-order valence-electron chi connectivity index (χ3n) is 6.67. The second-order valence-corrected chi connectivity index (χ2v) is 12.2. The predicted octanol–water partition coefficient (Wildman–Crippen LogP) is 5.14. The van der Waals surface area contributed by atoms with E-state index in [0.29, 0.717) is 66.2 Å². The average molecular weight is 601 g/mol. The van der Waals surface area contributed by atoms with E-state index in [2.05, 4.69) is 6.07 Å². The zero-order valence-electron chi connectivity index (χ0n) is 22.2. The van der Waals surface area contributed by atoms with Crippen molar-refractivity contribution in [2.45, 2.75) is 9.79 Å². The highest BCUT2D eigenvalue weighted by Crippen LogP contribution is 2.42. The third kappa shape index (κ3) is 5.18. The molecule has 0 amide bonds. The van der Waals surface area contributed by atoms with Crippen molar-refractivity contribution in [2.75, 3.05) is 48.1 Å². The van der Waals surface area contributed by atoms with Crippen LogP contribution in [0, 0.1) is 22.7 Å². The zero-order valence-corrected chi connectivity index (χ0v) is 23.9. The molecule has 10 nitrogen and oxygen atoms in total. The number of fused-ring (bicyclic) bond motifs is 3. The van der Waals surface area contributed by atoms with Crippen LogP contribution in [0.3, 0.4) is 0 Å². The Kier molecular flexibility index (Phi) is 7.57. The molecule has 0 fully saturated rings. The molecule has 6 rings (SSSR count). The fourth-order valence-electron chi connectivity index (χ4n) is 4.82. The lowest BCUT2D eigenvalue weighted by Gasteiger charge is -2.27. The largest absolute Gasteiger partial charge is 0.486 e. The molecule has 0 atom stereocenters. The Morgan fingerprint density at radius 2 is 1.26 bits per heavy atom. The number of hydrogen-bond donors (Lipinski definition) is 0. The molecular formula is C30H24N4O6S2. The van der Waals surface area contributed by atoms with Crippen molar-refractivity contribution >= 4 is 44.1 Å². The summed E-state index contributed by atoms with van der Waals surface area (Å²) in [5.41, 5.74) is 1.05. The number of rotatable bonds is 8. The van der Waals surface area contributed by atoms with Gasteiger partial charge in [-0.05, 0) is 54.4 Å². The fraction of sp³-hybridized carbons (Fsp3) is 0.200. The number of benzene rings is 4. The maximum absolute atomic E-state index is 13.9. The van der Waals surface area contributed by atoms with E-state index in [1.54, 1.807) is 30.3 Å². The fourth-order valence-corrected chi connectivity index (χ4v) is 7.14. The van der Waals surface area contributed by atoms with Crippen LogP contribution in [0.1, 0.15) is 0 Å². The van der Waals surface area contributed by atoms with Gasteiger partial charge in [-0.25, -0.2) is 8.42 Å². The summed E-state index contributed by atoms with van der Waals surface area (Å²) < 4.78 is 53.3. The van der Waals surface area contributed by atoms with Crippen LogP contribution in [0.15, 0.2) is 82.6 Å². The normalized spacial score (nSPS) is 13.6. The number of ether oxygens (including phenoxy) is 4. The third-order valence-corrected chi connectivity index (χ3v) is 9.44. The summed E-state index contributed by atoms with van der Waals surface area (Å²) in [4.78, 5) is 0.824. The van der Waals surface area contributed by atoms with Crippen LogP contribution in [-0.2, 0) is 10.0 Å². The van der Waals surface area contributed by atoms with Gasteiger partial charge in [0.25, 0.3) is 10.0 Å². The highest BCUT2D eigenvalue weighted by atomic mass is 32.2. The summed E-state index contributed by atoms with van der Waals surface area (Å²) in [6, 6.07) is 25.0. The van der Waals surface area contributed by atoms with Crippen LogP contribution in [0.2, 0.25) is 0 Å². The van der Waals surface area contributed by atoms with E-state index in [0.717, 1.165) is 14.6 Å². The van der Waals surface area contributed by atoms with Gasteiger partial charge in [0.1, 0.15) is 39.5 Å². The van der Waals surface area contributed by atoms with Gasteiger partial charge in [0.05, 0.1) is 28.4 Å². The van der Waals surface area contributed by atoms with Crippen LogP contribution in [0.25, 0.3) is 10.8 Å². The Morgan fingerprint density at radius 1 is 0.690 bits per heavy atom. The van der Waals surface area contributed by atoms with Gasteiger partial charge in [-0.1, -0.05) is 24.3 Å². The quantitative estimate of drug-likeness (QED) is 0.198. The van der Waals surface area contributed by atoms with Crippen molar-refractivity contribution in [1.29, 1.82) is 10.5 Å². The molecule has 0 saturated heterocycles. The molecule has 42 heavy (non-hydrogen) atoms. The van der Waals surface area contributed by atoms with Crippen LogP contribution >= 0.6 is 11.9 Å². The van der Waals surface area contributed by atoms with Gasteiger partial charge in [-0.2, -0.15) is 10.5 Å². The second-order valence-electron chi connectivity index (χ2n) is 9.22. The molecule has 0 N–H and O–H groups in total. The van der Waals surface area contributed by atoms with E-state index < -0.39 is 16.6 Å². The molecule has 0 radical (unpaired) electrons. The van der Waals surface area contributed by atoms with Crippen molar-refractivity contribution in [3.05, 3.63) is 72.8 Å². The first-order valence-corrected chi connectivity index (χ1v) is 15.2. The van der Waals surface area contributed by atoms with Gasteiger partial charge >= 0.3 is 0 Å². The molecule has 0 aliphatic carbocycles. The predicted molar refractivity (Wildman–Crippen MR) is 158 cm³/mol. The molecule has 212 valence electrons. The summed E-state index contributed by atoms with van der Waals surface area (Å²) in [7, 11) is -4.16. The van der Waals surface area contributed by atoms with E-state index in [-0.39, 0.29) is 11.4 Å². The Balaban J connectivity index is 1.40. The molecule has 4 aromatic rings. The number of anilines is 2. The second kappa shape index (κ2) is 11.6. The summed E-state index contributed by atoms with van der Waals surface area (Å²) >= 11 is 1.36. The lowest BCUT2D eigenvalue weighted by atomic mass is 10.1. The Hall–Kier alpha value is -4.78. The van der Waals surface area contributed by atoms with E-state index in [4.69, 9.17) is 18.9 Å². The smallest absolute Gasteiger partial charge is 0.265 e. The summed E-state index contributed by atoms with van der Waals surface area (Å²) in [6.07, 6.45) is 0. The van der Waals surface area contributed by atoms with Gasteiger partial charge in [0.15, 0.2) is 23.0 Å². The Morgan fingerprint density at radius 3 is 1.93 bits per heavy atom. The van der Waals surface area contributed by atoms with Gasteiger partial charge in [0, 0.05) is 21.7 Å². The Bertz CT molecular complexity index is 1850. The first kappa shape index (κ1) is 27.4. The lowest BCUT2D eigenvalue weighted by Crippen LogP contribution is -2.32. The number of nitriles is 2. The molecule has 0 saturated carbocycles. The summed E-state index contributed by atoms with van der Waals surface area (Å²) in [5.74, 6) is 2.11. The van der Waals surface area contributed by atoms with Gasteiger partial charge in [-0.3, -0.25) is 8.61 Å². The van der Waals surface area contributed by atoms with Gasteiger partial charge in [0.2, 0.25) is 0 Å². The van der Waals surface area contributed by atoms with Gasteiger partial charge < -0.3 is 18.9 Å². The topological polar surface area (TPSA) is 125 Å². The first-order chi connectivity index (χ1) is 20.5. The number of hydrogen-bond acceptors (Lipinski definition) is 10. The van der Waals surface area contributed by atoms with Crippen molar-refractivity contribution in [1.82, 2.24) is 0 Å². The molecule has 2 aliphatic rings. The minimum absolute atomic E-state index is 0.0181. The van der Waals surface area contributed by atoms with E-state index >= 15 is 0 Å². The Labute approximate surface area is 247 Å². The van der Waals surface area contributed by atoms with Crippen LogP contribution in [-0.4, -0.2) is 47.9 Å². The van der Waals surface area contributed by atoms with Crippen LogP contribution < -0.4 is 27.6 Å². The molecule has 4 aromatic carbocycles. The molecule has 12 heteroatoms. The SMILES string of the molecule is N#CCN(Sc1ccc2c(c1)OCCO2)c1ccc(N(CC#N)S(=O)(=O)c2ccc3c(c2)OCCO3)c2ccccc12. The van der Waals surface area contributed by atoms with E-state index in [1.165, 1.54) is 24.1 Å². The maximum atomic E-state index is 13.9. The van der Waals surface area contributed by atoms with Gasteiger partial charge in [-0.15, -0.1) is 0 Å². The molecule has 0 unspecified atom stereocenters. The number of sulfonamides is 1. The van der Waals surface area contributed by atoms with Crippen molar-refractivity contribution < 1.29 is 27.4 Å². The highest BCUT2D eigenvalue weighted by molar-refractivity contribution is 8.00. The standard InChI is InChI=1S/C30H24N4O6S2/c31-11-13-33(41-21-5-9-27-29(19-21)39-17-15-37-27)25-7-8-26(24-4-2-1-3-23(24)25)34(14-12-32)42(35,36)22-6-10-28-30(20-22)40-18-16-38-28/h1-10,19-20H,13-18H2. The molecule has 2 aliphatic heterocycles. The first-order valence-electron chi connectivity index (χ1n) is 13.0.